The lowest BCUT2D eigenvalue weighted by Crippen LogP contribution is -2.04. The zero-order valence-corrected chi connectivity index (χ0v) is 17.9. The summed E-state index contributed by atoms with van der Waals surface area (Å²) in [7, 11) is 1.65. The van der Waals surface area contributed by atoms with E-state index in [4.69, 9.17) is 21.6 Å². The van der Waals surface area contributed by atoms with Crippen LogP contribution in [-0.4, -0.2) is 30.8 Å². The van der Waals surface area contributed by atoms with Crippen molar-refractivity contribution >= 4 is 40.3 Å². The Kier molecular flexibility index (Phi) is 7.29. The van der Waals surface area contributed by atoms with E-state index in [-0.39, 0.29) is 5.92 Å². The Morgan fingerprint density at radius 1 is 1.07 bits per heavy atom. The number of nitrogens with one attached hydrogen (secondary N) is 1. The minimum absolute atomic E-state index is 0.199. The zero-order chi connectivity index (χ0) is 20.8. The third-order valence-electron chi connectivity index (χ3n) is 4.35. The van der Waals surface area contributed by atoms with Crippen LogP contribution >= 0.6 is 11.8 Å². The van der Waals surface area contributed by atoms with Crippen LogP contribution in [0.4, 0.5) is 11.5 Å². The van der Waals surface area contributed by atoms with Crippen LogP contribution in [0.5, 0.6) is 5.75 Å². The Labute approximate surface area is 171 Å². The van der Waals surface area contributed by atoms with Crippen LogP contribution in [-0.2, 0) is 0 Å². The smallest absolute Gasteiger partial charge is 0.131 e. The van der Waals surface area contributed by atoms with Gasteiger partial charge in [-0.2, -0.15) is 11.8 Å². The second kappa shape index (κ2) is 9.46. The van der Waals surface area contributed by atoms with E-state index in [0.29, 0.717) is 17.1 Å². The maximum Gasteiger partial charge on any atom is 0.131 e. The van der Waals surface area contributed by atoms with Crippen LogP contribution in [0.25, 0.3) is 21.9 Å². The molecule has 0 unspecified atom stereocenters. The number of ether oxygens (including phenoxy) is 1. The summed E-state index contributed by atoms with van der Waals surface area (Å²) < 4.78 is 5.26. The molecule has 5 nitrogen and oxygen atoms in total. The third-order valence-corrected chi connectivity index (χ3v) is 4.35. The Morgan fingerprint density at radius 3 is 2.18 bits per heavy atom. The summed E-state index contributed by atoms with van der Waals surface area (Å²) in [5.74, 6) is 1.45. The summed E-state index contributed by atoms with van der Waals surface area (Å²) in [5.41, 5.74) is 16.4. The number of rotatable bonds is 4. The minimum atomic E-state index is 0.199. The number of anilines is 2. The van der Waals surface area contributed by atoms with Gasteiger partial charge in [0.15, 0.2) is 0 Å². The second-order valence-electron chi connectivity index (χ2n) is 6.72. The van der Waals surface area contributed by atoms with Crippen molar-refractivity contribution in [1.29, 1.82) is 5.41 Å². The van der Waals surface area contributed by atoms with E-state index in [2.05, 4.69) is 18.8 Å². The highest BCUT2D eigenvalue weighted by Gasteiger charge is 2.18. The van der Waals surface area contributed by atoms with Crippen molar-refractivity contribution in [2.45, 2.75) is 19.8 Å². The molecule has 0 spiro atoms. The molecule has 6 heteroatoms. The number of thioether (sulfide) groups is 1. The van der Waals surface area contributed by atoms with Crippen LogP contribution in [0.2, 0.25) is 0 Å². The average molecular weight is 397 g/mol. The van der Waals surface area contributed by atoms with Crippen LogP contribution in [0.3, 0.4) is 0 Å². The molecule has 0 atom stereocenters. The van der Waals surface area contributed by atoms with Gasteiger partial charge in [-0.3, -0.25) is 0 Å². The Balaban J connectivity index is 0.000000878. The number of fused-ring (bicyclic) bond motifs is 1. The van der Waals surface area contributed by atoms with E-state index in [1.54, 1.807) is 24.9 Å². The Morgan fingerprint density at radius 2 is 1.68 bits per heavy atom. The molecule has 0 amide bonds. The predicted molar refractivity (Wildman–Crippen MR) is 124 cm³/mol. The molecule has 148 valence electrons. The molecule has 0 aliphatic carbocycles. The molecule has 0 fully saturated rings. The molecular formula is C22H28N4OS. The number of methoxy groups -OCH3 is 1. The molecule has 2 aromatic carbocycles. The number of hydrogen-bond acceptors (Lipinski definition) is 6. The Bertz CT molecular complexity index is 969. The Hall–Kier alpha value is -2.73. The van der Waals surface area contributed by atoms with Gasteiger partial charge in [-0.15, -0.1) is 0 Å². The predicted octanol–water partition coefficient (Wildman–Crippen LogP) is 5.18. The molecule has 0 aliphatic rings. The molecule has 0 saturated heterocycles. The van der Waals surface area contributed by atoms with Crippen LogP contribution in [0.15, 0.2) is 36.4 Å². The summed E-state index contributed by atoms with van der Waals surface area (Å²) in [6.45, 7) is 4.19. The van der Waals surface area contributed by atoms with Gasteiger partial charge in [-0.1, -0.05) is 26.0 Å². The number of pyridine rings is 1. The maximum absolute atomic E-state index is 7.61. The number of hydrogen-bond donors (Lipinski definition) is 3. The van der Waals surface area contributed by atoms with Crippen LogP contribution in [0.1, 0.15) is 31.0 Å². The minimum Gasteiger partial charge on any atom is -0.497 e. The first-order chi connectivity index (χ1) is 13.4. The number of aromatic nitrogens is 1. The van der Waals surface area contributed by atoms with Gasteiger partial charge in [-0.05, 0) is 53.6 Å². The van der Waals surface area contributed by atoms with Crippen molar-refractivity contribution in [3.05, 3.63) is 47.7 Å². The summed E-state index contributed by atoms with van der Waals surface area (Å²) in [4.78, 5) is 4.65. The molecule has 0 bridgehead atoms. The zero-order valence-electron chi connectivity index (χ0n) is 17.0. The van der Waals surface area contributed by atoms with Crippen molar-refractivity contribution in [3.8, 4) is 16.9 Å². The largest absolute Gasteiger partial charge is 0.497 e. The number of nitrogens with zero attached hydrogens (tertiary/aromatic N) is 1. The first-order valence-electron chi connectivity index (χ1n) is 8.95. The van der Waals surface area contributed by atoms with E-state index in [1.165, 1.54) is 6.21 Å². The van der Waals surface area contributed by atoms with Crippen molar-refractivity contribution < 1.29 is 4.74 Å². The maximum atomic E-state index is 7.61. The molecule has 5 N–H and O–H groups in total. The normalized spacial score (nSPS) is 10.5. The van der Waals surface area contributed by atoms with Crippen molar-refractivity contribution in [2.24, 2.45) is 0 Å². The van der Waals surface area contributed by atoms with E-state index in [0.717, 1.165) is 33.3 Å². The molecule has 3 aromatic rings. The SMILES string of the molecule is COc1ccc(-c2c(C(C)C)nc(N)c3cc(N)c(C=N)cc23)cc1.CSC. The fraction of sp³-hybridized carbons (Fsp3) is 0.273. The van der Waals surface area contributed by atoms with Gasteiger partial charge < -0.3 is 21.6 Å². The summed E-state index contributed by atoms with van der Waals surface area (Å²) >= 11 is 1.75. The third kappa shape index (κ3) is 4.39. The van der Waals surface area contributed by atoms with Gasteiger partial charge in [0.2, 0.25) is 0 Å². The molecule has 3 rings (SSSR count). The van der Waals surface area contributed by atoms with Gasteiger partial charge in [0, 0.05) is 28.4 Å². The summed E-state index contributed by atoms with van der Waals surface area (Å²) in [6.07, 6.45) is 5.35. The molecule has 1 heterocycles. The molecule has 28 heavy (non-hydrogen) atoms. The molecule has 0 saturated carbocycles. The highest BCUT2D eigenvalue weighted by atomic mass is 32.2. The van der Waals surface area contributed by atoms with Crippen LogP contribution < -0.4 is 16.2 Å². The lowest BCUT2D eigenvalue weighted by molar-refractivity contribution is 0.415. The lowest BCUT2D eigenvalue weighted by Gasteiger charge is -2.18. The number of nitrogen functional groups attached to an aromatic ring is 2. The standard InChI is InChI=1S/C20H22N4O.C2H6S/c1-11(2)19-18(12-4-6-14(25-3)7-5-12)15-8-13(10-21)17(22)9-16(15)20(23)24-19;1-3-2/h4-11,21H,22H2,1-3H3,(H2,23,24);1-2H3. The van der Waals surface area contributed by atoms with Crippen molar-refractivity contribution in [1.82, 2.24) is 4.98 Å². The van der Waals surface area contributed by atoms with Gasteiger partial charge in [0.05, 0.1) is 12.8 Å². The van der Waals surface area contributed by atoms with Gasteiger partial charge in [-0.25, -0.2) is 4.98 Å². The molecule has 0 radical (unpaired) electrons. The molecular weight excluding hydrogens is 368 g/mol. The van der Waals surface area contributed by atoms with Crippen molar-refractivity contribution in [3.63, 3.8) is 0 Å². The first-order valence-corrected chi connectivity index (χ1v) is 10.6. The van der Waals surface area contributed by atoms with E-state index >= 15 is 0 Å². The summed E-state index contributed by atoms with van der Waals surface area (Å²) in [5, 5.41) is 9.37. The monoisotopic (exact) mass is 396 g/mol. The van der Waals surface area contributed by atoms with E-state index < -0.39 is 0 Å². The van der Waals surface area contributed by atoms with Gasteiger partial charge in [0.25, 0.3) is 0 Å². The highest BCUT2D eigenvalue weighted by molar-refractivity contribution is 7.97. The fourth-order valence-electron chi connectivity index (χ4n) is 3.04. The quantitative estimate of drug-likeness (QED) is 0.417. The van der Waals surface area contributed by atoms with Crippen molar-refractivity contribution in [2.75, 3.05) is 31.1 Å². The lowest BCUT2D eigenvalue weighted by atomic mass is 9.91. The van der Waals surface area contributed by atoms with Gasteiger partial charge in [0.1, 0.15) is 11.6 Å². The van der Waals surface area contributed by atoms with Crippen LogP contribution in [0, 0.1) is 5.41 Å². The average Bonchev–Trinajstić information content (AvgIpc) is 2.68. The summed E-state index contributed by atoms with van der Waals surface area (Å²) in [6, 6.07) is 11.6. The molecule has 0 aliphatic heterocycles. The van der Waals surface area contributed by atoms with Gasteiger partial charge >= 0.3 is 0 Å². The number of benzene rings is 2. The first kappa shape index (κ1) is 21.6. The van der Waals surface area contributed by atoms with E-state index in [9.17, 15) is 0 Å². The molecule has 1 aromatic heterocycles. The second-order valence-corrected chi connectivity index (χ2v) is 7.54. The number of nitrogens with two attached hydrogens (primary N) is 2. The fourth-order valence-corrected chi connectivity index (χ4v) is 3.04. The van der Waals surface area contributed by atoms with E-state index in [1.807, 2.05) is 42.8 Å². The topological polar surface area (TPSA) is 98.0 Å². The highest BCUT2D eigenvalue weighted by Crippen LogP contribution is 2.38.